The Morgan fingerprint density at radius 1 is 1.27 bits per heavy atom. The van der Waals surface area contributed by atoms with Crippen molar-refractivity contribution in [1.82, 2.24) is 15.2 Å². The van der Waals surface area contributed by atoms with E-state index in [9.17, 15) is 4.79 Å². The number of rotatable bonds is 6. The second-order valence-corrected chi connectivity index (χ2v) is 6.95. The van der Waals surface area contributed by atoms with E-state index >= 15 is 0 Å². The third-order valence-electron chi connectivity index (χ3n) is 2.93. The third kappa shape index (κ3) is 3.97. The first-order valence-electron chi connectivity index (χ1n) is 6.56. The number of nitrogens with one attached hydrogen (secondary N) is 1. The second-order valence-electron chi connectivity index (χ2n) is 4.54. The summed E-state index contributed by atoms with van der Waals surface area (Å²) in [6.07, 6.45) is 0.732. The zero-order valence-electron chi connectivity index (χ0n) is 11.5. The SMILES string of the molecule is O=C(CSc1n[nH]c(Cc2cccs2)n1)c1ccc(Cl)cc1. The number of nitrogens with zero attached hydrogens (tertiary/aromatic N) is 2. The molecule has 1 aromatic carbocycles. The van der Waals surface area contributed by atoms with Crippen LogP contribution in [-0.2, 0) is 6.42 Å². The van der Waals surface area contributed by atoms with Crippen molar-refractivity contribution in [3.63, 3.8) is 0 Å². The Labute approximate surface area is 140 Å². The van der Waals surface area contributed by atoms with Crippen LogP contribution < -0.4 is 0 Å². The average molecular weight is 350 g/mol. The number of hydrogen-bond acceptors (Lipinski definition) is 5. The summed E-state index contributed by atoms with van der Waals surface area (Å²) < 4.78 is 0. The topological polar surface area (TPSA) is 58.6 Å². The molecule has 0 radical (unpaired) electrons. The fourth-order valence-corrected chi connectivity index (χ4v) is 3.40. The van der Waals surface area contributed by atoms with Crippen LogP contribution in [0.15, 0.2) is 46.9 Å². The zero-order chi connectivity index (χ0) is 15.4. The highest BCUT2D eigenvalue weighted by atomic mass is 35.5. The van der Waals surface area contributed by atoms with E-state index in [0.29, 0.717) is 21.5 Å². The lowest BCUT2D eigenvalue weighted by Gasteiger charge is -1.99. The molecule has 2 aromatic heterocycles. The Morgan fingerprint density at radius 3 is 2.82 bits per heavy atom. The van der Waals surface area contributed by atoms with Gasteiger partial charge in [-0.2, -0.15) is 0 Å². The molecule has 0 atom stereocenters. The fourth-order valence-electron chi connectivity index (χ4n) is 1.85. The van der Waals surface area contributed by atoms with Gasteiger partial charge in [0.25, 0.3) is 0 Å². The van der Waals surface area contributed by atoms with Gasteiger partial charge in [-0.25, -0.2) is 4.98 Å². The van der Waals surface area contributed by atoms with Crippen LogP contribution in [0, 0.1) is 0 Å². The van der Waals surface area contributed by atoms with E-state index in [1.54, 1.807) is 35.6 Å². The van der Waals surface area contributed by atoms with Crippen molar-refractivity contribution in [3.05, 3.63) is 63.1 Å². The van der Waals surface area contributed by atoms with Crippen molar-refractivity contribution in [2.75, 3.05) is 5.75 Å². The summed E-state index contributed by atoms with van der Waals surface area (Å²) >= 11 is 8.82. The Bertz CT molecular complexity index is 753. The molecule has 0 spiro atoms. The second kappa shape index (κ2) is 7.09. The van der Waals surface area contributed by atoms with Crippen molar-refractivity contribution in [3.8, 4) is 0 Å². The number of hydrogen-bond donors (Lipinski definition) is 1. The van der Waals surface area contributed by atoms with Crippen LogP contribution in [0.1, 0.15) is 21.1 Å². The monoisotopic (exact) mass is 349 g/mol. The van der Waals surface area contributed by atoms with Gasteiger partial charge in [-0.1, -0.05) is 29.4 Å². The van der Waals surface area contributed by atoms with E-state index in [4.69, 9.17) is 11.6 Å². The number of benzene rings is 1. The average Bonchev–Trinajstić information content (AvgIpc) is 3.18. The molecule has 3 aromatic rings. The number of halogens is 1. The molecule has 3 rings (SSSR count). The van der Waals surface area contributed by atoms with Gasteiger partial charge >= 0.3 is 0 Å². The molecule has 1 N–H and O–H groups in total. The summed E-state index contributed by atoms with van der Waals surface area (Å²) in [5, 5.41) is 10.3. The van der Waals surface area contributed by atoms with Crippen LogP contribution in [0.3, 0.4) is 0 Å². The molecule has 0 fully saturated rings. The number of thioether (sulfide) groups is 1. The first-order valence-corrected chi connectivity index (χ1v) is 8.80. The highest BCUT2D eigenvalue weighted by molar-refractivity contribution is 7.99. The number of H-pyrrole nitrogens is 1. The number of aromatic nitrogens is 3. The predicted molar refractivity (Wildman–Crippen MR) is 90.0 cm³/mol. The lowest BCUT2D eigenvalue weighted by atomic mass is 10.1. The zero-order valence-corrected chi connectivity index (χ0v) is 13.8. The molecule has 0 aliphatic carbocycles. The highest BCUT2D eigenvalue weighted by Gasteiger charge is 2.10. The maximum absolute atomic E-state index is 12.1. The fraction of sp³-hybridized carbons (Fsp3) is 0.133. The number of thiophene rings is 1. The van der Waals surface area contributed by atoms with Crippen molar-refractivity contribution in [2.24, 2.45) is 0 Å². The van der Waals surface area contributed by atoms with Crippen LogP contribution in [0.2, 0.25) is 5.02 Å². The predicted octanol–water partition coefficient (Wildman–Crippen LogP) is 4.09. The molecule has 0 aliphatic heterocycles. The lowest BCUT2D eigenvalue weighted by molar-refractivity contribution is 0.102. The van der Waals surface area contributed by atoms with Gasteiger partial charge in [-0.3, -0.25) is 9.89 Å². The molecule has 4 nitrogen and oxygen atoms in total. The largest absolute Gasteiger partial charge is 0.293 e. The van der Waals surface area contributed by atoms with Crippen LogP contribution >= 0.6 is 34.7 Å². The summed E-state index contributed by atoms with van der Waals surface area (Å²) in [6, 6.07) is 11.0. The van der Waals surface area contributed by atoms with Gasteiger partial charge in [0.2, 0.25) is 5.16 Å². The minimum Gasteiger partial charge on any atom is -0.293 e. The molecule has 0 aliphatic rings. The van der Waals surface area contributed by atoms with E-state index in [1.165, 1.54) is 16.6 Å². The molecule has 0 saturated heterocycles. The Morgan fingerprint density at radius 2 is 2.09 bits per heavy atom. The van der Waals surface area contributed by atoms with Crippen LogP contribution in [0.4, 0.5) is 0 Å². The summed E-state index contributed by atoms with van der Waals surface area (Å²) in [7, 11) is 0. The highest BCUT2D eigenvalue weighted by Crippen LogP contribution is 2.18. The lowest BCUT2D eigenvalue weighted by Crippen LogP contribution is -2.02. The van der Waals surface area contributed by atoms with Crippen LogP contribution in [0.25, 0.3) is 0 Å². The first kappa shape index (κ1) is 15.3. The molecule has 0 saturated carbocycles. The molecule has 22 heavy (non-hydrogen) atoms. The van der Waals surface area contributed by atoms with Crippen molar-refractivity contribution in [1.29, 1.82) is 0 Å². The standard InChI is InChI=1S/C15H12ClN3OS2/c16-11-5-3-10(4-6-11)13(20)9-22-15-17-14(18-19-15)8-12-2-1-7-21-12/h1-7H,8-9H2,(H,17,18,19). The molecular formula is C15H12ClN3OS2. The molecule has 0 unspecified atom stereocenters. The Balaban J connectivity index is 1.56. The number of carbonyl (C=O) groups excluding carboxylic acids is 1. The number of ketones is 1. The number of carbonyl (C=O) groups is 1. The van der Waals surface area contributed by atoms with Gasteiger partial charge < -0.3 is 0 Å². The molecule has 0 bridgehead atoms. The van der Waals surface area contributed by atoms with Gasteiger partial charge in [-0.15, -0.1) is 16.4 Å². The maximum Gasteiger partial charge on any atom is 0.208 e. The van der Waals surface area contributed by atoms with E-state index in [-0.39, 0.29) is 5.78 Å². The molecule has 7 heteroatoms. The van der Waals surface area contributed by atoms with Gasteiger partial charge in [0.05, 0.1) is 5.75 Å². The summed E-state index contributed by atoms with van der Waals surface area (Å²) in [6.45, 7) is 0. The molecule has 0 amide bonds. The van der Waals surface area contributed by atoms with Gasteiger partial charge in [0, 0.05) is 21.9 Å². The van der Waals surface area contributed by atoms with Crippen molar-refractivity contribution < 1.29 is 4.79 Å². The third-order valence-corrected chi connectivity index (χ3v) is 4.91. The smallest absolute Gasteiger partial charge is 0.208 e. The van der Waals surface area contributed by atoms with Gasteiger partial charge in [0.15, 0.2) is 5.78 Å². The minimum absolute atomic E-state index is 0.0336. The summed E-state index contributed by atoms with van der Waals surface area (Å²) in [5.41, 5.74) is 0.645. The summed E-state index contributed by atoms with van der Waals surface area (Å²) in [4.78, 5) is 17.7. The Kier molecular flexibility index (Phi) is 4.92. The molecular weight excluding hydrogens is 338 g/mol. The quantitative estimate of drug-likeness (QED) is 0.538. The maximum atomic E-state index is 12.1. The van der Waals surface area contributed by atoms with E-state index in [2.05, 4.69) is 21.2 Å². The van der Waals surface area contributed by atoms with Crippen molar-refractivity contribution >= 4 is 40.5 Å². The van der Waals surface area contributed by atoms with E-state index in [0.717, 1.165) is 12.2 Å². The molecule has 2 heterocycles. The van der Waals surface area contributed by atoms with Gasteiger partial charge in [0.1, 0.15) is 5.82 Å². The number of Topliss-reactive ketones (excluding diaryl/α,β-unsaturated/α-hetero) is 1. The normalized spacial score (nSPS) is 10.8. The Hall–Kier alpha value is -1.63. The van der Waals surface area contributed by atoms with Crippen molar-refractivity contribution in [2.45, 2.75) is 11.6 Å². The molecule has 112 valence electrons. The van der Waals surface area contributed by atoms with Crippen LogP contribution in [0.5, 0.6) is 0 Å². The first-order chi connectivity index (χ1) is 10.7. The van der Waals surface area contributed by atoms with E-state index in [1.807, 2.05) is 11.4 Å². The number of aromatic amines is 1. The van der Waals surface area contributed by atoms with E-state index < -0.39 is 0 Å². The summed E-state index contributed by atoms with van der Waals surface area (Å²) in [5.74, 6) is 1.15. The minimum atomic E-state index is 0.0336. The van der Waals surface area contributed by atoms with Gasteiger partial charge in [-0.05, 0) is 35.7 Å². The van der Waals surface area contributed by atoms with Crippen LogP contribution in [-0.4, -0.2) is 26.7 Å².